The molecule has 0 radical (unpaired) electrons. The monoisotopic (exact) mass is 540 g/mol. The number of hydrogen-bond acceptors (Lipinski definition) is 6. The lowest BCUT2D eigenvalue weighted by molar-refractivity contribution is -0.143. The molecule has 4 aromatic rings. The van der Waals surface area contributed by atoms with Crippen molar-refractivity contribution in [2.45, 2.75) is 56.0 Å². The Labute approximate surface area is 219 Å². The quantitative estimate of drug-likeness (QED) is 0.392. The smallest absolute Gasteiger partial charge is 0.346 e. The fraction of sp³-hybridized carbons (Fsp3) is 0.423. The topological polar surface area (TPSA) is 95.8 Å². The molecule has 0 aromatic carbocycles. The summed E-state index contributed by atoms with van der Waals surface area (Å²) in [5, 5.41) is 5.51. The maximum absolute atomic E-state index is 14.6. The molecule has 39 heavy (non-hydrogen) atoms. The number of piperidine rings is 1. The average molecular weight is 541 g/mol. The van der Waals surface area contributed by atoms with E-state index in [1.807, 2.05) is 29.3 Å². The Morgan fingerprint density at radius 3 is 2.51 bits per heavy atom. The second kappa shape index (κ2) is 8.83. The number of aromatic nitrogens is 6. The number of nitrogens with one attached hydrogen (secondary N) is 1. The number of amides is 1. The maximum atomic E-state index is 14.6. The van der Waals surface area contributed by atoms with Gasteiger partial charge in [-0.3, -0.25) is 14.4 Å². The third kappa shape index (κ3) is 3.98. The molecule has 202 valence electrons. The molecule has 9 nitrogen and oxygen atoms in total. The lowest BCUT2D eigenvalue weighted by atomic mass is 9.92. The molecule has 3 fully saturated rings. The van der Waals surface area contributed by atoms with Crippen LogP contribution in [0.2, 0.25) is 0 Å². The Morgan fingerprint density at radius 1 is 1.00 bits per heavy atom. The highest BCUT2D eigenvalue weighted by Crippen LogP contribution is 2.41. The Hall–Kier alpha value is -3.87. The summed E-state index contributed by atoms with van der Waals surface area (Å²) in [4.78, 5) is 32.1. The molecule has 0 saturated carbocycles. The van der Waals surface area contributed by atoms with Crippen LogP contribution in [0.1, 0.15) is 47.8 Å². The molecular formula is C26H24F4N8O. The van der Waals surface area contributed by atoms with Crippen LogP contribution >= 0.6 is 0 Å². The van der Waals surface area contributed by atoms with E-state index in [9.17, 15) is 22.4 Å². The van der Waals surface area contributed by atoms with Crippen LogP contribution in [0.5, 0.6) is 0 Å². The number of H-pyrrole nitrogens is 1. The molecule has 7 rings (SSSR count). The maximum Gasteiger partial charge on any atom is 0.436 e. The Morgan fingerprint density at radius 2 is 1.77 bits per heavy atom. The molecule has 2 bridgehead atoms. The lowest BCUT2D eigenvalue weighted by Crippen LogP contribution is -2.58. The highest BCUT2D eigenvalue weighted by atomic mass is 19.4. The molecule has 1 amide bonds. The van der Waals surface area contributed by atoms with Crippen molar-refractivity contribution in [2.24, 2.45) is 0 Å². The third-order valence-corrected chi connectivity index (χ3v) is 8.34. The molecule has 2 atom stereocenters. The number of pyridine rings is 1. The predicted octanol–water partition coefficient (Wildman–Crippen LogP) is 4.07. The number of halogens is 4. The number of nitrogens with zero attached hydrogens (tertiary/aromatic N) is 7. The van der Waals surface area contributed by atoms with Gasteiger partial charge in [0.1, 0.15) is 12.0 Å². The van der Waals surface area contributed by atoms with Crippen molar-refractivity contribution in [3.05, 3.63) is 60.3 Å². The first-order chi connectivity index (χ1) is 18.8. The molecule has 3 saturated heterocycles. The van der Waals surface area contributed by atoms with Crippen molar-refractivity contribution in [2.75, 3.05) is 13.1 Å². The normalized spacial score (nSPS) is 23.9. The van der Waals surface area contributed by atoms with E-state index in [4.69, 9.17) is 0 Å². The van der Waals surface area contributed by atoms with Crippen LogP contribution < -0.4 is 0 Å². The average Bonchev–Trinajstić information content (AvgIpc) is 3.60. The molecular weight excluding hydrogens is 516 g/mol. The van der Waals surface area contributed by atoms with E-state index in [-0.39, 0.29) is 24.2 Å². The van der Waals surface area contributed by atoms with Gasteiger partial charge in [0.05, 0.1) is 23.5 Å². The Balaban J connectivity index is 1.02. The minimum atomic E-state index is -4.96. The summed E-state index contributed by atoms with van der Waals surface area (Å²) < 4.78 is 56.0. The summed E-state index contributed by atoms with van der Waals surface area (Å²) in [6.07, 6.45) is 6.01. The van der Waals surface area contributed by atoms with E-state index >= 15 is 0 Å². The van der Waals surface area contributed by atoms with E-state index in [2.05, 4.69) is 29.9 Å². The first-order valence-corrected chi connectivity index (χ1v) is 12.9. The third-order valence-electron chi connectivity index (χ3n) is 8.34. The number of hydrogen-bond donors (Lipinski definition) is 1. The molecule has 7 heterocycles. The number of fused-ring (bicyclic) bond motifs is 3. The summed E-state index contributed by atoms with van der Waals surface area (Å²) in [5.41, 5.74) is 0.301. The minimum Gasteiger partial charge on any atom is -0.346 e. The van der Waals surface area contributed by atoms with Crippen molar-refractivity contribution in [1.82, 2.24) is 39.5 Å². The van der Waals surface area contributed by atoms with Crippen LogP contribution in [0.3, 0.4) is 0 Å². The van der Waals surface area contributed by atoms with Crippen LogP contribution in [-0.4, -0.2) is 76.6 Å². The molecule has 0 spiro atoms. The summed E-state index contributed by atoms with van der Waals surface area (Å²) in [7, 11) is 0. The fourth-order valence-electron chi connectivity index (χ4n) is 6.44. The van der Waals surface area contributed by atoms with Crippen molar-refractivity contribution < 1.29 is 22.4 Å². The summed E-state index contributed by atoms with van der Waals surface area (Å²) in [5.74, 6) is -2.28. The van der Waals surface area contributed by atoms with Crippen LogP contribution in [0.4, 0.5) is 17.6 Å². The first kappa shape index (κ1) is 24.2. The SMILES string of the molecule is O=C(c1ccnc(C(F)(F)F)c1F)N1C2CCC1CC(N1CC(n3cc(-c4ncnc5[nH]ccc45)cn3)C1)C2. The molecule has 4 aromatic heterocycles. The van der Waals surface area contributed by atoms with Crippen molar-refractivity contribution in [1.29, 1.82) is 0 Å². The number of carbonyl (C=O) groups is 1. The van der Waals surface area contributed by atoms with Crippen LogP contribution in [-0.2, 0) is 6.18 Å². The summed E-state index contributed by atoms with van der Waals surface area (Å²) in [6, 6.07) is 3.20. The highest BCUT2D eigenvalue weighted by Gasteiger charge is 2.48. The number of carbonyl (C=O) groups excluding carboxylic acids is 1. The first-order valence-electron chi connectivity index (χ1n) is 12.9. The van der Waals surface area contributed by atoms with E-state index < -0.39 is 29.2 Å². The number of likely N-dealkylation sites (tertiary alicyclic amines) is 1. The lowest BCUT2D eigenvalue weighted by Gasteiger charge is -2.49. The van der Waals surface area contributed by atoms with Gasteiger partial charge in [0.15, 0.2) is 11.5 Å². The van der Waals surface area contributed by atoms with Crippen LogP contribution in [0.25, 0.3) is 22.3 Å². The van der Waals surface area contributed by atoms with Crippen molar-refractivity contribution in [3.63, 3.8) is 0 Å². The number of alkyl halides is 3. The fourth-order valence-corrected chi connectivity index (χ4v) is 6.44. The summed E-state index contributed by atoms with van der Waals surface area (Å²) >= 11 is 0. The van der Waals surface area contributed by atoms with Gasteiger partial charge in [0, 0.05) is 60.8 Å². The van der Waals surface area contributed by atoms with Gasteiger partial charge < -0.3 is 9.88 Å². The second-order valence-corrected chi connectivity index (χ2v) is 10.5. The summed E-state index contributed by atoms with van der Waals surface area (Å²) in [6.45, 7) is 1.63. The Kier molecular flexibility index (Phi) is 5.48. The minimum absolute atomic E-state index is 0.125. The van der Waals surface area contributed by atoms with Crippen LogP contribution in [0, 0.1) is 5.82 Å². The Bertz CT molecular complexity index is 1540. The van der Waals surface area contributed by atoms with Crippen molar-refractivity contribution in [3.8, 4) is 11.3 Å². The molecule has 1 N–H and O–H groups in total. The number of aromatic amines is 1. The zero-order valence-corrected chi connectivity index (χ0v) is 20.6. The van der Waals surface area contributed by atoms with E-state index in [0.29, 0.717) is 12.8 Å². The molecule has 3 aliphatic heterocycles. The van der Waals surface area contributed by atoms with E-state index in [1.54, 1.807) is 4.90 Å². The zero-order chi connectivity index (χ0) is 26.9. The second-order valence-electron chi connectivity index (χ2n) is 10.5. The van der Waals surface area contributed by atoms with E-state index in [1.165, 1.54) is 6.33 Å². The van der Waals surface area contributed by atoms with Gasteiger partial charge in [-0.1, -0.05) is 0 Å². The molecule has 2 unspecified atom stereocenters. The predicted molar refractivity (Wildman–Crippen MR) is 131 cm³/mol. The largest absolute Gasteiger partial charge is 0.436 e. The standard InChI is InChI=1S/C26H24F4N8O/c27-21-19(3-5-31-23(21)26(28,29)30)25(39)38-15-1-2-16(38)8-17(7-15)36-11-18(12-36)37-10-14(9-35-37)22-20-4-6-32-24(20)34-13-33-22/h3-6,9-10,13,15-18H,1-2,7-8,11-12H2,(H,32,33,34). The van der Waals surface area contributed by atoms with Gasteiger partial charge in [0.25, 0.3) is 5.91 Å². The van der Waals surface area contributed by atoms with Gasteiger partial charge in [0.2, 0.25) is 0 Å². The van der Waals surface area contributed by atoms with Gasteiger partial charge >= 0.3 is 6.18 Å². The zero-order valence-electron chi connectivity index (χ0n) is 20.6. The van der Waals surface area contributed by atoms with Crippen LogP contribution in [0.15, 0.2) is 43.2 Å². The van der Waals surface area contributed by atoms with Crippen molar-refractivity contribution >= 4 is 16.9 Å². The molecule has 0 aliphatic carbocycles. The van der Waals surface area contributed by atoms with Gasteiger partial charge in [-0.2, -0.15) is 18.3 Å². The van der Waals surface area contributed by atoms with Gasteiger partial charge in [-0.25, -0.2) is 19.3 Å². The van der Waals surface area contributed by atoms with Gasteiger partial charge in [-0.05, 0) is 37.8 Å². The molecule has 3 aliphatic rings. The number of rotatable bonds is 4. The molecule has 13 heteroatoms. The highest BCUT2D eigenvalue weighted by molar-refractivity contribution is 5.95. The van der Waals surface area contributed by atoms with E-state index in [0.717, 1.165) is 60.5 Å². The van der Waals surface area contributed by atoms with Gasteiger partial charge in [-0.15, -0.1) is 0 Å².